The summed E-state index contributed by atoms with van der Waals surface area (Å²) in [4.78, 5) is 28.7. The number of alkyl halides is 3. The summed E-state index contributed by atoms with van der Waals surface area (Å²) in [6, 6.07) is 0.636. The molecule has 1 aromatic carbocycles. The highest BCUT2D eigenvalue weighted by Crippen LogP contribution is 2.49. The third-order valence-electron chi connectivity index (χ3n) is 9.07. The van der Waals surface area contributed by atoms with Gasteiger partial charge in [0, 0.05) is 42.3 Å². The van der Waals surface area contributed by atoms with E-state index < -0.39 is 58.8 Å². The molecule has 2 N–H and O–H groups in total. The molecule has 2 saturated heterocycles. The summed E-state index contributed by atoms with van der Waals surface area (Å²) in [7, 11) is 3.78. The topological polar surface area (TPSA) is 106 Å². The molecular formula is C33H39F5N6O4. The van der Waals surface area contributed by atoms with E-state index in [2.05, 4.69) is 9.72 Å². The Labute approximate surface area is 274 Å². The normalized spacial score (nSPS) is 22.1. The molecule has 0 unspecified atom stereocenters. The monoisotopic (exact) mass is 678 g/mol. The molecule has 2 aromatic heterocycles. The van der Waals surface area contributed by atoms with E-state index in [-0.39, 0.29) is 34.4 Å². The van der Waals surface area contributed by atoms with Gasteiger partial charge in [-0.2, -0.15) is 0 Å². The van der Waals surface area contributed by atoms with Crippen molar-refractivity contribution in [1.82, 2.24) is 19.8 Å². The Morgan fingerprint density at radius 1 is 1.12 bits per heavy atom. The van der Waals surface area contributed by atoms with Crippen LogP contribution in [0.4, 0.5) is 38.3 Å². The van der Waals surface area contributed by atoms with Gasteiger partial charge in [-0.25, -0.2) is 23.5 Å². The lowest BCUT2D eigenvalue weighted by molar-refractivity contribution is -0.275. The standard InChI is InChI=1S/C33H39F5N6O4/c1-15-21(10-11-42(6)7)40-29-24-23(15)25(35)26(19-12-17(39)13-20(34)28(19)47-33(36,37)38)41-30(24)46-16(2)27-22-9-8-18(14-43(27)29)44(22)31(45)48-32(3,4)5/h12-13,16,18,22,27H,8-11,14,39H2,1-7H3/t16-,18+,22-,27+/m0/s1. The van der Waals surface area contributed by atoms with Gasteiger partial charge in [-0.3, -0.25) is 4.90 Å². The second kappa shape index (κ2) is 11.8. The average molecular weight is 679 g/mol. The average Bonchev–Trinajstić information content (AvgIpc) is 3.20. The van der Waals surface area contributed by atoms with Crippen molar-refractivity contribution in [3.05, 3.63) is 35.0 Å². The highest BCUT2D eigenvalue weighted by molar-refractivity contribution is 6.02. The van der Waals surface area contributed by atoms with E-state index in [9.17, 15) is 18.0 Å². The molecule has 48 heavy (non-hydrogen) atoms. The SMILES string of the molecule is Cc1c(CCN(C)C)nc2c3c(nc(-c4cc(N)cc(F)c4OC(F)(F)F)c(F)c13)O[C@@H](C)[C@@H]1[C@@H]3CC[C@H](CN21)N3C(=O)OC(C)(C)C. The van der Waals surface area contributed by atoms with E-state index in [1.54, 1.807) is 39.5 Å². The first-order valence-corrected chi connectivity index (χ1v) is 15.8. The maximum Gasteiger partial charge on any atom is 0.573 e. The largest absolute Gasteiger partial charge is 0.573 e. The number of benzene rings is 1. The van der Waals surface area contributed by atoms with Crippen LogP contribution in [0.2, 0.25) is 0 Å². The number of carbonyl (C=O) groups is 1. The highest BCUT2D eigenvalue weighted by Gasteiger charge is 2.54. The van der Waals surface area contributed by atoms with Gasteiger partial charge in [-0.15, -0.1) is 13.2 Å². The summed E-state index contributed by atoms with van der Waals surface area (Å²) in [6.45, 7) is 9.81. The number of piperazine rings is 1. The van der Waals surface area contributed by atoms with E-state index in [1.165, 1.54) is 0 Å². The lowest BCUT2D eigenvalue weighted by Gasteiger charge is -2.48. The number of nitrogen functional groups attached to an aromatic ring is 1. The fourth-order valence-electron chi connectivity index (χ4n) is 7.19. The number of nitrogens with two attached hydrogens (primary N) is 1. The Morgan fingerprint density at radius 3 is 2.48 bits per heavy atom. The van der Waals surface area contributed by atoms with Crippen molar-refractivity contribution in [1.29, 1.82) is 0 Å². The molecule has 2 bridgehead atoms. The van der Waals surface area contributed by atoms with Crippen molar-refractivity contribution in [2.75, 3.05) is 37.8 Å². The van der Waals surface area contributed by atoms with Crippen molar-refractivity contribution in [2.45, 2.75) is 90.1 Å². The first kappa shape index (κ1) is 33.7. The molecule has 260 valence electrons. The summed E-state index contributed by atoms with van der Waals surface area (Å²) < 4.78 is 88.7. The predicted octanol–water partition coefficient (Wildman–Crippen LogP) is 6.21. The van der Waals surface area contributed by atoms with Crippen LogP contribution in [0.15, 0.2) is 12.1 Å². The molecule has 3 aliphatic rings. The fourth-order valence-corrected chi connectivity index (χ4v) is 7.19. The summed E-state index contributed by atoms with van der Waals surface area (Å²) >= 11 is 0. The van der Waals surface area contributed by atoms with Gasteiger partial charge in [-0.1, -0.05) is 0 Å². The van der Waals surface area contributed by atoms with Crippen molar-refractivity contribution in [3.63, 3.8) is 0 Å². The number of rotatable bonds is 5. The Balaban J connectivity index is 1.58. The van der Waals surface area contributed by atoms with Gasteiger partial charge in [0.2, 0.25) is 5.88 Å². The van der Waals surface area contributed by atoms with E-state index >= 15 is 8.78 Å². The van der Waals surface area contributed by atoms with E-state index in [1.807, 2.05) is 23.9 Å². The number of amides is 1. The molecule has 6 rings (SSSR count). The number of hydrogen-bond acceptors (Lipinski definition) is 9. The van der Waals surface area contributed by atoms with Crippen LogP contribution < -0.4 is 20.1 Å². The van der Waals surface area contributed by atoms with Crippen LogP contribution in [-0.2, 0) is 11.2 Å². The maximum absolute atomic E-state index is 17.0. The molecule has 0 saturated carbocycles. The number of aromatic nitrogens is 2. The van der Waals surface area contributed by atoms with Crippen LogP contribution in [0.3, 0.4) is 0 Å². The van der Waals surface area contributed by atoms with Crippen LogP contribution in [0.1, 0.15) is 51.8 Å². The summed E-state index contributed by atoms with van der Waals surface area (Å²) in [6.07, 6.45) is -4.58. The van der Waals surface area contributed by atoms with Gasteiger partial charge >= 0.3 is 12.5 Å². The number of nitrogens with zero attached hydrogens (tertiary/aromatic N) is 5. The van der Waals surface area contributed by atoms with Gasteiger partial charge in [0.1, 0.15) is 23.2 Å². The summed E-state index contributed by atoms with van der Waals surface area (Å²) in [5, 5.41) is 0.272. The molecule has 0 aliphatic carbocycles. The third kappa shape index (κ3) is 6.01. The lowest BCUT2D eigenvalue weighted by Crippen LogP contribution is -2.65. The first-order valence-electron chi connectivity index (χ1n) is 15.8. The molecule has 10 nitrogen and oxygen atoms in total. The molecule has 3 aromatic rings. The highest BCUT2D eigenvalue weighted by atomic mass is 19.4. The Hall–Kier alpha value is -4.14. The second-order valence-electron chi connectivity index (χ2n) is 14.0. The molecular weight excluding hydrogens is 639 g/mol. The van der Waals surface area contributed by atoms with Crippen LogP contribution in [0.5, 0.6) is 11.6 Å². The van der Waals surface area contributed by atoms with Crippen LogP contribution >= 0.6 is 0 Å². The minimum Gasteiger partial charge on any atom is -0.472 e. The molecule has 3 aliphatic heterocycles. The predicted molar refractivity (Wildman–Crippen MR) is 169 cm³/mol. The van der Waals surface area contributed by atoms with E-state index in [4.69, 9.17) is 20.2 Å². The van der Waals surface area contributed by atoms with Gasteiger partial charge in [0.05, 0.1) is 29.1 Å². The Kier molecular flexibility index (Phi) is 8.28. The van der Waals surface area contributed by atoms with Gasteiger partial charge in [0.25, 0.3) is 0 Å². The minimum absolute atomic E-state index is 0.0318. The molecule has 0 spiro atoms. The third-order valence-corrected chi connectivity index (χ3v) is 9.07. The number of aryl methyl sites for hydroxylation is 1. The first-order chi connectivity index (χ1) is 22.3. The van der Waals surface area contributed by atoms with E-state index in [0.29, 0.717) is 55.5 Å². The summed E-state index contributed by atoms with van der Waals surface area (Å²) in [5.41, 5.74) is 4.62. The quantitative estimate of drug-likeness (QED) is 0.249. The molecule has 2 fully saturated rings. The second-order valence-corrected chi connectivity index (χ2v) is 14.0. The summed E-state index contributed by atoms with van der Waals surface area (Å²) in [5.74, 6) is -3.38. The number of hydrogen-bond donors (Lipinski definition) is 1. The van der Waals surface area contributed by atoms with Crippen LogP contribution in [0.25, 0.3) is 22.0 Å². The van der Waals surface area contributed by atoms with Gasteiger partial charge in [-0.05, 0) is 73.2 Å². The zero-order chi connectivity index (χ0) is 35.0. The number of fused-ring (bicyclic) bond motifs is 5. The molecule has 15 heteroatoms. The lowest BCUT2D eigenvalue weighted by atomic mass is 9.96. The van der Waals surface area contributed by atoms with Gasteiger partial charge < -0.3 is 29.7 Å². The number of ether oxygens (including phenoxy) is 3. The maximum atomic E-state index is 17.0. The Morgan fingerprint density at radius 2 is 1.83 bits per heavy atom. The number of carbonyl (C=O) groups excluding carboxylic acids is 1. The fraction of sp³-hybridized carbons (Fsp3) is 0.545. The number of pyridine rings is 2. The van der Waals surface area contributed by atoms with Gasteiger partial charge in [0.15, 0.2) is 17.4 Å². The van der Waals surface area contributed by atoms with Crippen molar-refractivity contribution in [2.24, 2.45) is 0 Å². The minimum atomic E-state index is -5.29. The number of anilines is 2. The molecule has 0 radical (unpaired) electrons. The van der Waals surface area contributed by atoms with Crippen LogP contribution in [-0.4, -0.2) is 89.2 Å². The number of likely N-dealkylation sites (N-methyl/N-ethyl adjacent to an activating group) is 1. The Bertz CT molecular complexity index is 1780. The zero-order valence-corrected chi connectivity index (χ0v) is 27.8. The zero-order valence-electron chi connectivity index (χ0n) is 27.8. The van der Waals surface area contributed by atoms with Crippen molar-refractivity contribution >= 4 is 28.4 Å². The number of halogens is 5. The van der Waals surface area contributed by atoms with Crippen molar-refractivity contribution in [3.8, 4) is 22.9 Å². The molecule has 5 heterocycles. The molecule has 4 atom stereocenters. The van der Waals surface area contributed by atoms with E-state index in [0.717, 1.165) is 6.07 Å². The van der Waals surface area contributed by atoms with Crippen molar-refractivity contribution < 1.29 is 41.0 Å². The molecule has 1 amide bonds. The smallest absolute Gasteiger partial charge is 0.472 e. The van der Waals surface area contributed by atoms with Crippen LogP contribution in [0, 0.1) is 18.6 Å².